The average molecular weight is 782 g/mol. The smallest absolute Gasteiger partial charge is 0.490 e. The van der Waals surface area contributed by atoms with Crippen LogP contribution in [0.15, 0.2) is 83.8 Å². The van der Waals surface area contributed by atoms with Crippen LogP contribution in [-0.4, -0.2) is 78.6 Å². The molecule has 1 aliphatic carbocycles. The van der Waals surface area contributed by atoms with Crippen molar-refractivity contribution in [3.05, 3.63) is 84.4 Å². The van der Waals surface area contributed by atoms with E-state index in [1.54, 1.807) is 24.3 Å². The molecule has 1 amide bonds. The molecular weight excluding hydrogens is 737 g/mol. The van der Waals surface area contributed by atoms with Crippen LogP contribution in [0.3, 0.4) is 0 Å². The molecule has 0 aromatic heterocycles. The number of benzene rings is 3. The van der Waals surface area contributed by atoms with E-state index >= 15 is 8.78 Å². The topological polar surface area (TPSA) is 139 Å². The van der Waals surface area contributed by atoms with Crippen LogP contribution in [0.1, 0.15) is 63.4 Å². The first kappa shape index (κ1) is 40.9. The molecule has 0 spiro atoms. The lowest BCUT2D eigenvalue weighted by Crippen LogP contribution is -2.61. The molecule has 3 aromatic rings. The number of carbonyl (C=O) groups is 2. The van der Waals surface area contributed by atoms with E-state index in [4.69, 9.17) is 25.1 Å². The number of nitrogens with two attached hydrogens (primary N) is 1. The van der Waals surface area contributed by atoms with Crippen molar-refractivity contribution >= 4 is 21.9 Å². The Labute approximate surface area is 311 Å². The number of amides is 1. The van der Waals surface area contributed by atoms with Gasteiger partial charge in [0.2, 0.25) is 15.9 Å². The monoisotopic (exact) mass is 781 g/mol. The minimum Gasteiger partial charge on any atom is -0.493 e. The summed E-state index contributed by atoms with van der Waals surface area (Å²) in [4.78, 5) is 24.4. The third-order valence-electron chi connectivity index (χ3n) is 10.1. The van der Waals surface area contributed by atoms with Crippen LogP contribution < -0.4 is 15.2 Å². The predicted octanol–water partition coefficient (Wildman–Crippen LogP) is 7.33. The van der Waals surface area contributed by atoms with Crippen molar-refractivity contribution in [3.63, 3.8) is 0 Å². The summed E-state index contributed by atoms with van der Waals surface area (Å²) in [5.74, 6) is -5.72. The molecule has 2 saturated heterocycles. The lowest BCUT2D eigenvalue weighted by molar-refractivity contribution is -0.192. The highest BCUT2D eigenvalue weighted by molar-refractivity contribution is 7.89. The van der Waals surface area contributed by atoms with Crippen molar-refractivity contribution < 1.29 is 54.5 Å². The molecule has 2 aliphatic heterocycles. The highest BCUT2D eigenvalue weighted by Gasteiger charge is 2.56. The van der Waals surface area contributed by atoms with Crippen molar-refractivity contribution in [1.82, 2.24) is 9.21 Å². The predicted molar refractivity (Wildman–Crippen MR) is 189 cm³/mol. The minimum atomic E-state index is -5.08. The van der Waals surface area contributed by atoms with E-state index in [0.717, 1.165) is 19.9 Å². The van der Waals surface area contributed by atoms with Crippen LogP contribution in [0.25, 0.3) is 0 Å². The molecule has 294 valence electrons. The lowest BCUT2D eigenvalue weighted by Gasteiger charge is -2.42. The largest absolute Gasteiger partial charge is 0.493 e. The molecule has 1 saturated carbocycles. The summed E-state index contributed by atoms with van der Waals surface area (Å²) >= 11 is 0. The fraction of sp³-hybridized carbons (Fsp3) is 0.474. The Morgan fingerprint density at radius 1 is 0.833 bits per heavy atom. The summed E-state index contributed by atoms with van der Waals surface area (Å²) in [6.45, 7) is 0.547. The maximum atomic E-state index is 16.7. The zero-order valence-corrected chi connectivity index (χ0v) is 30.4. The number of sulfonamides is 1. The summed E-state index contributed by atoms with van der Waals surface area (Å²) in [5.41, 5.74) is 5.71. The van der Waals surface area contributed by atoms with Crippen LogP contribution in [-0.2, 0) is 25.5 Å². The van der Waals surface area contributed by atoms with Gasteiger partial charge in [0, 0.05) is 30.7 Å². The standard InChI is InChI=1S/C36H43F2N3O5S.C2HF3O2/c1-40(47(43,44)33-20-18-30(19-21-33)45-24-25-8-4-2-5-9-25)34(35(42)41-28-14-15-29(41)23-27(39)22-28)36(37,38)26-12-16-32(17-13-26)46-31-10-6-3-7-11-31;3-2(4,5)1(6)7/h3,6-7,10-13,16-21,25,27-29,34H,2,4-5,8-9,14-15,22-24,39H2,1H3;(H,6,7). The van der Waals surface area contributed by atoms with Crippen LogP contribution in [0.5, 0.6) is 17.2 Å². The Morgan fingerprint density at radius 2 is 1.35 bits per heavy atom. The summed E-state index contributed by atoms with van der Waals surface area (Å²) in [5, 5.41) is 7.12. The van der Waals surface area contributed by atoms with Gasteiger partial charge < -0.3 is 25.2 Å². The van der Waals surface area contributed by atoms with E-state index in [1.165, 1.54) is 72.7 Å². The molecule has 3 N–H and O–H groups in total. The minimum absolute atomic E-state index is 0.132. The summed E-state index contributed by atoms with van der Waals surface area (Å²) < 4.78 is 105. The molecule has 3 fully saturated rings. The quantitative estimate of drug-likeness (QED) is 0.193. The Balaban J connectivity index is 0.000000730. The molecular formula is C38H44F5N3O7S. The van der Waals surface area contributed by atoms with Gasteiger partial charge in [-0.05, 0) is 105 Å². The zero-order chi connectivity index (χ0) is 39.3. The zero-order valence-electron chi connectivity index (χ0n) is 29.6. The van der Waals surface area contributed by atoms with Crippen LogP contribution >= 0.6 is 0 Å². The van der Waals surface area contributed by atoms with E-state index in [9.17, 15) is 26.4 Å². The van der Waals surface area contributed by atoms with Crippen LogP contribution in [0.2, 0.25) is 0 Å². The van der Waals surface area contributed by atoms with Crippen LogP contribution in [0, 0.1) is 5.92 Å². The fourth-order valence-electron chi connectivity index (χ4n) is 7.37. The maximum Gasteiger partial charge on any atom is 0.490 e. The van der Waals surface area contributed by atoms with Crippen LogP contribution in [0.4, 0.5) is 22.0 Å². The number of halogens is 5. The Hall–Kier alpha value is -4.28. The van der Waals surface area contributed by atoms with E-state index < -0.39 is 45.6 Å². The maximum absolute atomic E-state index is 16.7. The number of nitrogens with zero attached hydrogens (tertiary/aromatic N) is 2. The number of carboxylic acids is 1. The number of para-hydroxylation sites is 1. The van der Waals surface area contributed by atoms with Gasteiger partial charge in [0.25, 0.3) is 5.92 Å². The molecule has 3 aromatic carbocycles. The number of fused-ring (bicyclic) bond motifs is 2. The number of aliphatic carboxylic acids is 1. The number of ether oxygens (including phenoxy) is 2. The highest BCUT2D eigenvalue weighted by Crippen LogP contribution is 2.42. The molecule has 2 bridgehead atoms. The molecule has 0 radical (unpaired) electrons. The van der Waals surface area contributed by atoms with Gasteiger partial charge in [0.05, 0.1) is 11.5 Å². The second kappa shape index (κ2) is 17.0. The second-order valence-corrected chi connectivity index (χ2v) is 15.9. The summed E-state index contributed by atoms with van der Waals surface area (Å²) in [6, 6.07) is 16.7. The molecule has 54 heavy (non-hydrogen) atoms. The summed E-state index contributed by atoms with van der Waals surface area (Å²) in [7, 11) is -3.48. The van der Waals surface area contributed by atoms with Gasteiger partial charge in [-0.25, -0.2) is 13.2 Å². The fourth-order valence-corrected chi connectivity index (χ4v) is 8.68. The van der Waals surface area contributed by atoms with E-state index in [-0.39, 0.29) is 23.0 Å². The third-order valence-corrected chi connectivity index (χ3v) is 12.0. The van der Waals surface area contributed by atoms with Gasteiger partial charge >= 0.3 is 12.1 Å². The van der Waals surface area contributed by atoms with Crippen molar-refractivity contribution in [2.75, 3.05) is 13.7 Å². The molecule has 3 unspecified atom stereocenters. The van der Waals surface area contributed by atoms with E-state index in [1.807, 2.05) is 6.07 Å². The second-order valence-electron chi connectivity index (χ2n) is 13.9. The number of hydrogen-bond donors (Lipinski definition) is 2. The highest BCUT2D eigenvalue weighted by atomic mass is 32.2. The summed E-state index contributed by atoms with van der Waals surface area (Å²) in [6.07, 6.45) is 3.00. The third kappa shape index (κ3) is 9.68. The van der Waals surface area contributed by atoms with Gasteiger partial charge in [-0.15, -0.1) is 0 Å². The van der Waals surface area contributed by atoms with E-state index in [0.29, 0.717) is 59.8 Å². The first-order chi connectivity index (χ1) is 25.5. The molecule has 16 heteroatoms. The van der Waals surface area contributed by atoms with Crippen molar-refractivity contribution in [3.8, 4) is 17.2 Å². The Kier molecular flexibility index (Phi) is 12.9. The molecule has 3 aliphatic rings. The van der Waals surface area contributed by atoms with Crippen molar-refractivity contribution in [2.24, 2.45) is 11.7 Å². The number of alkyl halides is 5. The van der Waals surface area contributed by atoms with Gasteiger partial charge in [0.1, 0.15) is 17.2 Å². The number of rotatable bonds is 11. The number of carbonyl (C=O) groups excluding carboxylic acids is 1. The number of piperidine rings is 1. The van der Waals surface area contributed by atoms with Crippen molar-refractivity contribution in [1.29, 1.82) is 0 Å². The van der Waals surface area contributed by atoms with Gasteiger partial charge in [-0.2, -0.15) is 26.3 Å². The lowest BCUT2D eigenvalue weighted by atomic mass is 9.90. The van der Waals surface area contributed by atoms with Gasteiger partial charge in [-0.1, -0.05) is 37.5 Å². The van der Waals surface area contributed by atoms with Gasteiger partial charge in [0.15, 0.2) is 6.04 Å². The van der Waals surface area contributed by atoms with Crippen molar-refractivity contribution in [2.45, 2.75) is 98.9 Å². The first-order valence-corrected chi connectivity index (χ1v) is 19.2. The van der Waals surface area contributed by atoms with Gasteiger partial charge in [-0.3, -0.25) is 4.79 Å². The molecule has 3 atom stereocenters. The first-order valence-electron chi connectivity index (χ1n) is 17.8. The number of hydrogen-bond acceptors (Lipinski definition) is 7. The number of likely N-dealkylation sites (N-methyl/N-ethyl adjacent to an activating group) is 1. The Bertz CT molecular complexity index is 1810. The average Bonchev–Trinajstić information content (AvgIpc) is 3.42. The Morgan fingerprint density at radius 3 is 1.89 bits per heavy atom. The molecule has 6 rings (SSSR count). The molecule has 10 nitrogen and oxygen atoms in total. The SMILES string of the molecule is CN(C(C(=O)N1C2CCC1CC(N)C2)C(F)(F)c1ccc(Oc2ccccc2)cc1)S(=O)(=O)c1ccc(OCC2CCCCC2)cc1.O=C(O)C(F)(F)F. The normalized spacial score (nSPS) is 21.2. The van der Waals surface area contributed by atoms with E-state index in [2.05, 4.69) is 0 Å². The number of carboxylic acid groups (broad SMARTS) is 1. The molecule has 2 heterocycles.